The number of fused-ring (bicyclic) bond motifs is 6. The van der Waals surface area contributed by atoms with Gasteiger partial charge in [0.1, 0.15) is 0 Å². The molecule has 0 aliphatic heterocycles. The molecule has 0 radical (unpaired) electrons. The minimum Gasteiger partial charge on any atom is -0.310 e. The molecule has 0 spiro atoms. The van der Waals surface area contributed by atoms with Gasteiger partial charge < -0.3 is 9.80 Å². The molecule has 0 saturated heterocycles. The summed E-state index contributed by atoms with van der Waals surface area (Å²) in [5.74, 6) is 0. The molecular formula is C72H83ClN2. The number of halogens is 1. The summed E-state index contributed by atoms with van der Waals surface area (Å²) in [7, 11) is 0. The van der Waals surface area contributed by atoms with Crippen LogP contribution in [-0.2, 0) is 43.3 Å². The molecule has 0 fully saturated rings. The number of aryl methyl sites for hydroxylation is 2. The summed E-state index contributed by atoms with van der Waals surface area (Å²) in [5.41, 5.74) is 25.6. The summed E-state index contributed by atoms with van der Waals surface area (Å²) < 4.78 is 0. The smallest absolute Gasteiger partial charge is 0.0497 e. The van der Waals surface area contributed by atoms with E-state index in [2.05, 4.69) is 262 Å². The SMILES string of the molecule is Cc1cc2c(cc1N(c1cc(Cl)cc(N(c3ccc4c(c3)C(C)(C)c3ccccc3C4(C)C)c3cc4c(cc3C)C(C)(C)CCC4(C)C)c1)c1ccc3c(c1)C(C)(C)c1ccccc1C3(C)C)C(C)(C)CCC2(C)C. The van der Waals surface area contributed by atoms with E-state index in [1.807, 2.05) is 0 Å². The summed E-state index contributed by atoms with van der Waals surface area (Å²) >= 11 is 7.72. The zero-order chi connectivity index (χ0) is 54.0. The van der Waals surface area contributed by atoms with Crippen molar-refractivity contribution < 1.29 is 0 Å². The van der Waals surface area contributed by atoms with Crippen LogP contribution >= 0.6 is 11.6 Å². The lowest BCUT2D eigenvalue weighted by Gasteiger charge is -2.45. The van der Waals surface area contributed by atoms with E-state index < -0.39 is 0 Å². The third kappa shape index (κ3) is 7.83. The normalized spacial score (nSPS) is 20.0. The Morgan fingerprint density at radius 3 is 0.893 bits per heavy atom. The van der Waals surface area contributed by atoms with Gasteiger partial charge in [0, 0.05) is 60.8 Å². The molecule has 11 rings (SSSR count). The summed E-state index contributed by atoms with van der Waals surface area (Å²) in [4.78, 5) is 5.09. The van der Waals surface area contributed by atoms with Gasteiger partial charge in [0.05, 0.1) is 0 Å². The lowest BCUT2D eigenvalue weighted by atomic mass is 9.60. The number of hydrogen-bond donors (Lipinski definition) is 0. The zero-order valence-electron chi connectivity index (χ0n) is 48.7. The second-order valence-electron chi connectivity index (χ2n) is 28.3. The number of nitrogens with zero attached hydrogens (tertiary/aromatic N) is 2. The minimum absolute atomic E-state index is 0.0163. The van der Waals surface area contributed by atoms with Gasteiger partial charge in [-0.25, -0.2) is 0 Å². The molecule has 75 heavy (non-hydrogen) atoms. The van der Waals surface area contributed by atoms with E-state index in [1.54, 1.807) is 0 Å². The minimum atomic E-state index is -0.224. The standard InChI is InChI=1S/C72H83ClN2/c1-44-35-57-59(67(7,8)33-31-65(57,3)4)42-63(44)74(47-27-29-55-61(40-47)71(15,16)53-25-21-19-23-51(53)69(55,11)12)49-37-46(73)38-50(39-49)75(64-43-60-58(36-45(64)2)66(5,6)32-34-68(60,9)10)48-28-30-56-62(41-48)72(17,18)54-26-22-20-24-52(54)70(56,13)14/h19-30,35-43H,31-34H2,1-18H3. The molecule has 0 unspecified atom stereocenters. The topological polar surface area (TPSA) is 6.48 Å². The Morgan fingerprint density at radius 2 is 0.573 bits per heavy atom. The van der Waals surface area contributed by atoms with Crippen LogP contribution in [0.25, 0.3) is 0 Å². The molecule has 7 aromatic carbocycles. The Kier molecular flexibility index (Phi) is 11.5. The highest BCUT2D eigenvalue weighted by Gasteiger charge is 2.45. The number of hydrogen-bond acceptors (Lipinski definition) is 2. The van der Waals surface area contributed by atoms with Crippen LogP contribution < -0.4 is 9.80 Å². The van der Waals surface area contributed by atoms with Crippen molar-refractivity contribution in [3.05, 3.63) is 210 Å². The first-order chi connectivity index (χ1) is 34.9. The number of rotatable bonds is 6. The van der Waals surface area contributed by atoms with E-state index in [1.165, 1.54) is 102 Å². The van der Waals surface area contributed by atoms with Crippen LogP contribution in [0.5, 0.6) is 0 Å². The van der Waals surface area contributed by atoms with Crippen LogP contribution in [0.3, 0.4) is 0 Å². The van der Waals surface area contributed by atoms with Crippen LogP contribution in [0.4, 0.5) is 34.1 Å². The fourth-order valence-electron chi connectivity index (χ4n) is 14.8. The first kappa shape index (κ1) is 51.5. The molecule has 0 amide bonds. The summed E-state index contributed by atoms with van der Waals surface area (Å²) in [6.07, 6.45) is 4.62. The van der Waals surface area contributed by atoms with Crippen LogP contribution in [-0.4, -0.2) is 0 Å². The molecule has 0 atom stereocenters. The molecule has 4 aliphatic carbocycles. The third-order valence-electron chi connectivity index (χ3n) is 20.0. The van der Waals surface area contributed by atoms with E-state index in [4.69, 9.17) is 11.6 Å². The van der Waals surface area contributed by atoms with Gasteiger partial charge in [-0.15, -0.1) is 0 Å². The van der Waals surface area contributed by atoms with Crippen LogP contribution in [0.2, 0.25) is 5.02 Å². The highest BCUT2D eigenvalue weighted by Crippen LogP contribution is 2.57. The maximum absolute atomic E-state index is 7.72. The van der Waals surface area contributed by atoms with Gasteiger partial charge >= 0.3 is 0 Å². The molecule has 0 N–H and O–H groups in total. The predicted octanol–water partition coefficient (Wildman–Crippen LogP) is 20.5. The van der Waals surface area contributed by atoms with Crippen molar-refractivity contribution >= 4 is 45.7 Å². The van der Waals surface area contributed by atoms with Gasteiger partial charge in [-0.1, -0.05) is 195 Å². The lowest BCUT2D eigenvalue weighted by Crippen LogP contribution is -2.36. The largest absolute Gasteiger partial charge is 0.310 e. The second-order valence-corrected chi connectivity index (χ2v) is 28.7. The van der Waals surface area contributed by atoms with E-state index in [0.29, 0.717) is 5.02 Å². The van der Waals surface area contributed by atoms with Crippen molar-refractivity contribution in [2.75, 3.05) is 9.80 Å². The Hall–Kier alpha value is -5.57. The van der Waals surface area contributed by atoms with E-state index in [0.717, 1.165) is 35.6 Å². The maximum atomic E-state index is 7.72. The second kappa shape index (κ2) is 16.7. The number of anilines is 6. The highest BCUT2D eigenvalue weighted by molar-refractivity contribution is 6.31. The van der Waals surface area contributed by atoms with Crippen molar-refractivity contribution in [3.8, 4) is 0 Å². The first-order valence-corrected chi connectivity index (χ1v) is 28.5. The Balaban J connectivity index is 1.19. The predicted molar refractivity (Wildman–Crippen MR) is 322 cm³/mol. The van der Waals surface area contributed by atoms with E-state index in [9.17, 15) is 0 Å². The Labute approximate surface area is 457 Å². The molecule has 2 nitrogen and oxygen atoms in total. The quantitative estimate of drug-likeness (QED) is 0.164. The van der Waals surface area contributed by atoms with Gasteiger partial charge in [-0.2, -0.15) is 0 Å². The van der Waals surface area contributed by atoms with Crippen molar-refractivity contribution in [2.24, 2.45) is 0 Å². The fourth-order valence-corrected chi connectivity index (χ4v) is 15.0. The molecule has 4 aliphatic rings. The molecule has 3 heteroatoms. The van der Waals surface area contributed by atoms with Crippen LogP contribution in [0.1, 0.15) is 214 Å². The highest BCUT2D eigenvalue weighted by atomic mass is 35.5. The van der Waals surface area contributed by atoms with E-state index >= 15 is 0 Å². The van der Waals surface area contributed by atoms with Gasteiger partial charge in [0.15, 0.2) is 0 Å². The van der Waals surface area contributed by atoms with Crippen molar-refractivity contribution in [3.63, 3.8) is 0 Å². The zero-order valence-corrected chi connectivity index (χ0v) is 49.5. The molecule has 388 valence electrons. The van der Waals surface area contributed by atoms with Crippen molar-refractivity contribution in [1.82, 2.24) is 0 Å². The first-order valence-electron chi connectivity index (χ1n) is 28.1. The van der Waals surface area contributed by atoms with Crippen molar-refractivity contribution in [2.45, 2.75) is 194 Å². The summed E-state index contributed by atoms with van der Waals surface area (Å²) in [6, 6.07) is 49.9. The van der Waals surface area contributed by atoms with Gasteiger partial charge in [-0.3, -0.25) is 0 Å². The maximum Gasteiger partial charge on any atom is 0.0497 e. The van der Waals surface area contributed by atoms with Gasteiger partial charge in [0.25, 0.3) is 0 Å². The fraction of sp³-hybridized carbons (Fsp3) is 0.417. The average Bonchev–Trinajstić information content (AvgIpc) is 3.37. The Morgan fingerprint density at radius 1 is 0.293 bits per heavy atom. The summed E-state index contributed by atoms with van der Waals surface area (Å²) in [5, 5.41) is 0.702. The Bertz CT molecular complexity index is 3270. The molecule has 0 bridgehead atoms. The number of benzene rings is 7. The molecule has 0 aromatic heterocycles. The van der Waals surface area contributed by atoms with Crippen LogP contribution in [0, 0.1) is 13.8 Å². The molecule has 0 heterocycles. The van der Waals surface area contributed by atoms with Crippen molar-refractivity contribution in [1.29, 1.82) is 0 Å². The van der Waals surface area contributed by atoms with Gasteiger partial charge in [-0.05, 0) is 194 Å². The van der Waals surface area contributed by atoms with Crippen LogP contribution in [0.15, 0.2) is 127 Å². The van der Waals surface area contributed by atoms with Gasteiger partial charge in [0.2, 0.25) is 0 Å². The average molecular weight is 1010 g/mol. The third-order valence-corrected chi connectivity index (χ3v) is 20.2. The lowest BCUT2D eigenvalue weighted by molar-refractivity contribution is 0.332. The molecular weight excluding hydrogens is 928 g/mol. The summed E-state index contributed by atoms with van der Waals surface area (Å²) in [6.45, 7) is 43.5. The monoisotopic (exact) mass is 1010 g/mol. The molecule has 0 saturated carbocycles. The van der Waals surface area contributed by atoms with E-state index in [-0.39, 0.29) is 43.3 Å². The molecule has 7 aromatic rings.